The second-order valence-electron chi connectivity index (χ2n) is 5.05. The summed E-state index contributed by atoms with van der Waals surface area (Å²) in [6.07, 6.45) is 0.880. The minimum atomic E-state index is -0.552. The van der Waals surface area contributed by atoms with Crippen LogP contribution in [0, 0.1) is 5.82 Å². The van der Waals surface area contributed by atoms with Gasteiger partial charge in [0.25, 0.3) is 0 Å². The van der Waals surface area contributed by atoms with Gasteiger partial charge in [0.05, 0.1) is 18.7 Å². The first-order valence-corrected chi connectivity index (χ1v) is 6.89. The predicted molar refractivity (Wildman–Crippen MR) is 78.2 cm³/mol. The van der Waals surface area contributed by atoms with Crippen LogP contribution >= 0.6 is 0 Å². The van der Waals surface area contributed by atoms with Crippen LogP contribution in [0.3, 0.4) is 0 Å². The summed E-state index contributed by atoms with van der Waals surface area (Å²) in [6.45, 7) is 0.713. The number of halogens is 1. The Hall–Kier alpha value is -2.20. The number of hydrogen-bond acceptors (Lipinski definition) is 3. The van der Waals surface area contributed by atoms with Crippen molar-refractivity contribution in [1.82, 2.24) is 5.32 Å². The third-order valence-corrected chi connectivity index (χ3v) is 3.81. The molecule has 1 N–H and O–H groups in total. The zero-order valence-electron chi connectivity index (χ0n) is 11.7. The molecular formula is C17H16FNO2. The van der Waals surface area contributed by atoms with Crippen LogP contribution in [0.4, 0.5) is 4.39 Å². The Bertz CT molecular complexity index is 684. The molecule has 0 saturated carbocycles. The Morgan fingerprint density at radius 1 is 1.29 bits per heavy atom. The van der Waals surface area contributed by atoms with Gasteiger partial charge in [-0.1, -0.05) is 24.3 Å². The van der Waals surface area contributed by atoms with Gasteiger partial charge in [0.15, 0.2) is 5.78 Å². The summed E-state index contributed by atoms with van der Waals surface area (Å²) in [7, 11) is 1.47. The molecule has 0 fully saturated rings. The molecule has 0 radical (unpaired) electrons. The fourth-order valence-corrected chi connectivity index (χ4v) is 2.72. The molecule has 2 aromatic carbocycles. The number of carbonyl (C=O) groups is 1. The van der Waals surface area contributed by atoms with E-state index in [4.69, 9.17) is 4.74 Å². The zero-order chi connectivity index (χ0) is 14.8. The summed E-state index contributed by atoms with van der Waals surface area (Å²) in [5.41, 5.74) is 2.16. The largest absolute Gasteiger partial charge is 0.497 e. The third-order valence-electron chi connectivity index (χ3n) is 3.81. The van der Waals surface area contributed by atoms with Crippen LogP contribution < -0.4 is 10.1 Å². The highest BCUT2D eigenvalue weighted by Crippen LogP contribution is 2.27. The number of fused-ring (bicyclic) bond motifs is 1. The highest BCUT2D eigenvalue weighted by molar-refractivity contribution is 6.01. The molecule has 0 aliphatic carbocycles. The van der Waals surface area contributed by atoms with Crippen molar-refractivity contribution in [3.63, 3.8) is 0 Å². The molecule has 1 heterocycles. The van der Waals surface area contributed by atoms with Crippen LogP contribution in [0.25, 0.3) is 0 Å². The van der Waals surface area contributed by atoms with E-state index in [0.717, 1.165) is 17.5 Å². The van der Waals surface area contributed by atoms with Gasteiger partial charge >= 0.3 is 0 Å². The second-order valence-corrected chi connectivity index (χ2v) is 5.05. The molecule has 3 rings (SSSR count). The van der Waals surface area contributed by atoms with Gasteiger partial charge in [-0.15, -0.1) is 0 Å². The van der Waals surface area contributed by atoms with Gasteiger partial charge in [0.1, 0.15) is 11.6 Å². The van der Waals surface area contributed by atoms with Crippen LogP contribution in [0.2, 0.25) is 0 Å². The zero-order valence-corrected chi connectivity index (χ0v) is 11.7. The quantitative estimate of drug-likeness (QED) is 0.881. The van der Waals surface area contributed by atoms with Gasteiger partial charge < -0.3 is 10.1 Å². The lowest BCUT2D eigenvalue weighted by Crippen LogP contribution is -2.35. The lowest BCUT2D eigenvalue weighted by Gasteiger charge is -2.26. The number of benzene rings is 2. The second kappa shape index (κ2) is 5.66. The molecule has 0 amide bonds. The van der Waals surface area contributed by atoms with Crippen LogP contribution in [-0.2, 0) is 6.42 Å². The normalized spacial score (nSPS) is 17.1. The van der Waals surface area contributed by atoms with Crippen molar-refractivity contribution in [2.45, 2.75) is 12.5 Å². The molecule has 4 heteroatoms. The van der Waals surface area contributed by atoms with Gasteiger partial charge in [0, 0.05) is 12.6 Å². The first-order chi connectivity index (χ1) is 10.2. The van der Waals surface area contributed by atoms with E-state index in [0.29, 0.717) is 12.3 Å². The summed E-state index contributed by atoms with van der Waals surface area (Å²) in [6, 6.07) is 11.6. The van der Waals surface area contributed by atoms with Crippen LogP contribution in [0.1, 0.15) is 27.5 Å². The van der Waals surface area contributed by atoms with Gasteiger partial charge in [0.2, 0.25) is 0 Å². The number of ether oxygens (including phenoxy) is 1. The van der Waals surface area contributed by atoms with Crippen molar-refractivity contribution >= 4 is 5.78 Å². The molecule has 0 bridgehead atoms. The number of nitrogens with one attached hydrogen (secondary N) is 1. The van der Waals surface area contributed by atoms with Gasteiger partial charge in [-0.2, -0.15) is 0 Å². The number of methoxy groups -OCH3 is 1. The average molecular weight is 285 g/mol. The summed E-state index contributed by atoms with van der Waals surface area (Å²) in [5.74, 6) is -0.396. The monoisotopic (exact) mass is 285 g/mol. The molecule has 1 atom stereocenters. The molecule has 0 aromatic heterocycles. The molecule has 0 saturated heterocycles. The molecule has 108 valence electrons. The fourth-order valence-electron chi connectivity index (χ4n) is 2.72. The van der Waals surface area contributed by atoms with Crippen LogP contribution in [0.5, 0.6) is 5.75 Å². The molecule has 1 aliphatic rings. The van der Waals surface area contributed by atoms with Crippen molar-refractivity contribution in [2.75, 3.05) is 13.7 Å². The predicted octanol–water partition coefficient (Wildman–Crippen LogP) is 2.90. The Morgan fingerprint density at radius 3 is 2.86 bits per heavy atom. The van der Waals surface area contributed by atoms with E-state index in [2.05, 4.69) is 5.32 Å². The summed E-state index contributed by atoms with van der Waals surface area (Å²) in [4.78, 5) is 12.6. The maximum Gasteiger partial charge on any atom is 0.187 e. The fraction of sp³-hybridized carbons (Fsp3) is 0.235. The van der Waals surface area contributed by atoms with Crippen LogP contribution in [0.15, 0.2) is 42.5 Å². The number of ketones is 1. The molecule has 0 spiro atoms. The molecule has 1 unspecified atom stereocenters. The van der Waals surface area contributed by atoms with E-state index in [9.17, 15) is 9.18 Å². The van der Waals surface area contributed by atoms with Gasteiger partial charge in [-0.3, -0.25) is 4.79 Å². The first kappa shape index (κ1) is 13.8. The smallest absolute Gasteiger partial charge is 0.187 e. The summed E-state index contributed by atoms with van der Waals surface area (Å²) in [5, 5.41) is 3.18. The van der Waals surface area contributed by atoms with Crippen molar-refractivity contribution in [2.24, 2.45) is 0 Å². The first-order valence-electron chi connectivity index (χ1n) is 6.89. The molecule has 2 aromatic rings. The van der Waals surface area contributed by atoms with E-state index < -0.39 is 11.9 Å². The SMILES string of the molecule is COc1ccc(C(=O)C2NCCc3ccccc32)c(F)c1. The van der Waals surface area contributed by atoms with E-state index in [1.54, 1.807) is 6.07 Å². The number of Topliss-reactive ketones (excluding diaryl/α,β-unsaturated/α-hetero) is 1. The molecule has 1 aliphatic heterocycles. The summed E-state index contributed by atoms with van der Waals surface area (Å²) < 4.78 is 19.1. The van der Waals surface area contributed by atoms with Crippen molar-refractivity contribution in [3.8, 4) is 5.75 Å². The number of hydrogen-bond donors (Lipinski definition) is 1. The number of carbonyl (C=O) groups excluding carboxylic acids is 1. The highest BCUT2D eigenvalue weighted by Gasteiger charge is 2.28. The molecule has 3 nitrogen and oxygen atoms in total. The minimum Gasteiger partial charge on any atom is -0.497 e. The lowest BCUT2D eigenvalue weighted by molar-refractivity contribution is 0.0935. The lowest BCUT2D eigenvalue weighted by atomic mass is 9.89. The Balaban J connectivity index is 1.97. The van der Waals surface area contributed by atoms with Crippen molar-refractivity contribution in [3.05, 3.63) is 65.0 Å². The Morgan fingerprint density at radius 2 is 2.10 bits per heavy atom. The van der Waals surface area contributed by atoms with Crippen molar-refractivity contribution < 1.29 is 13.9 Å². The molecule has 21 heavy (non-hydrogen) atoms. The van der Waals surface area contributed by atoms with Crippen LogP contribution in [-0.4, -0.2) is 19.4 Å². The topological polar surface area (TPSA) is 38.3 Å². The molecular weight excluding hydrogens is 269 g/mol. The van der Waals surface area contributed by atoms with E-state index in [-0.39, 0.29) is 11.3 Å². The highest BCUT2D eigenvalue weighted by atomic mass is 19.1. The van der Waals surface area contributed by atoms with E-state index in [1.807, 2.05) is 24.3 Å². The van der Waals surface area contributed by atoms with E-state index >= 15 is 0 Å². The standard InChI is InChI=1S/C17H16FNO2/c1-21-12-6-7-14(15(18)10-12)17(20)16-13-5-3-2-4-11(13)8-9-19-16/h2-7,10,16,19H,8-9H2,1H3. The van der Waals surface area contributed by atoms with Gasteiger partial charge in [-0.25, -0.2) is 4.39 Å². The van der Waals surface area contributed by atoms with E-state index in [1.165, 1.54) is 19.2 Å². The van der Waals surface area contributed by atoms with Gasteiger partial charge in [-0.05, 0) is 29.7 Å². The maximum absolute atomic E-state index is 14.1. The Labute approximate surface area is 122 Å². The number of rotatable bonds is 3. The average Bonchev–Trinajstić information content (AvgIpc) is 2.53. The minimum absolute atomic E-state index is 0.0880. The Kier molecular flexibility index (Phi) is 3.71. The summed E-state index contributed by atoms with van der Waals surface area (Å²) >= 11 is 0. The maximum atomic E-state index is 14.1. The third kappa shape index (κ3) is 2.54. The van der Waals surface area contributed by atoms with Crippen molar-refractivity contribution in [1.29, 1.82) is 0 Å².